The largest absolute Gasteiger partial charge is 0.375 e. The van der Waals surface area contributed by atoms with Gasteiger partial charge >= 0.3 is 0 Å². The molecule has 1 rings (SSSR count). The van der Waals surface area contributed by atoms with Gasteiger partial charge in [0, 0.05) is 10.5 Å². The van der Waals surface area contributed by atoms with E-state index in [0.29, 0.717) is 15.7 Å². The van der Waals surface area contributed by atoms with Gasteiger partial charge in [-0.25, -0.2) is 0 Å². The van der Waals surface area contributed by atoms with Gasteiger partial charge in [0.2, 0.25) is 5.91 Å². The molecule has 0 saturated heterocycles. The van der Waals surface area contributed by atoms with Crippen LogP contribution in [0.3, 0.4) is 0 Å². The second kappa shape index (κ2) is 6.26. The number of nitrogens with zero attached hydrogens (tertiary/aromatic N) is 1. The van der Waals surface area contributed by atoms with Crippen LogP contribution in [-0.2, 0) is 4.79 Å². The highest BCUT2D eigenvalue weighted by Gasteiger charge is 2.07. The number of carbonyl (C=O) groups is 1. The van der Waals surface area contributed by atoms with Crippen LogP contribution in [-0.4, -0.2) is 18.5 Å². The lowest BCUT2D eigenvalue weighted by atomic mass is 10.2. The van der Waals surface area contributed by atoms with Crippen LogP contribution >= 0.6 is 15.9 Å². The summed E-state index contributed by atoms with van der Waals surface area (Å²) in [6, 6.07) is 7.57. The van der Waals surface area contributed by atoms with E-state index < -0.39 is 0 Å². The van der Waals surface area contributed by atoms with Gasteiger partial charge in [-0.05, 0) is 41.9 Å². The molecule has 0 bridgehead atoms. The Morgan fingerprint density at radius 3 is 2.82 bits per heavy atom. The van der Waals surface area contributed by atoms with Gasteiger partial charge in [-0.2, -0.15) is 5.26 Å². The smallest absolute Gasteiger partial charge is 0.239 e. The Hall–Kier alpha value is -1.54. The predicted molar refractivity (Wildman–Crippen MR) is 70.6 cm³/mol. The molecule has 4 nitrogen and oxygen atoms in total. The second-order valence-corrected chi connectivity index (χ2v) is 4.70. The number of halogens is 1. The highest BCUT2D eigenvalue weighted by Crippen LogP contribution is 2.23. The van der Waals surface area contributed by atoms with E-state index in [4.69, 9.17) is 5.26 Å². The van der Waals surface area contributed by atoms with Gasteiger partial charge in [0.15, 0.2) is 0 Å². The van der Waals surface area contributed by atoms with Crippen molar-refractivity contribution in [3.63, 3.8) is 0 Å². The number of benzene rings is 1. The monoisotopic (exact) mass is 295 g/mol. The van der Waals surface area contributed by atoms with E-state index in [0.717, 1.165) is 0 Å². The quantitative estimate of drug-likeness (QED) is 0.895. The van der Waals surface area contributed by atoms with Gasteiger partial charge in [0.05, 0.1) is 17.8 Å². The van der Waals surface area contributed by atoms with Crippen LogP contribution < -0.4 is 10.6 Å². The molecule has 5 heteroatoms. The number of nitriles is 1. The third kappa shape index (κ3) is 4.08. The van der Waals surface area contributed by atoms with Gasteiger partial charge in [0.25, 0.3) is 0 Å². The van der Waals surface area contributed by atoms with Crippen molar-refractivity contribution < 1.29 is 4.79 Å². The first-order chi connectivity index (χ1) is 8.04. The standard InChI is InChI=1S/C12H14BrN3O/c1-8(2)16-12(17)7-15-11-5-3-4-10(13)9(11)6-14/h3-5,8,15H,7H2,1-2H3,(H,16,17). The Balaban J connectivity index is 2.67. The van der Waals surface area contributed by atoms with Crippen LogP contribution in [0.2, 0.25) is 0 Å². The molecule has 0 unspecified atom stereocenters. The molecule has 1 aromatic carbocycles. The molecule has 0 heterocycles. The fourth-order valence-electron chi connectivity index (χ4n) is 1.33. The van der Waals surface area contributed by atoms with Gasteiger partial charge in [-0.1, -0.05) is 6.07 Å². The lowest BCUT2D eigenvalue weighted by molar-refractivity contribution is -0.119. The maximum Gasteiger partial charge on any atom is 0.239 e. The second-order valence-electron chi connectivity index (χ2n) is 3.85. The zero-order valence-electron chi connectivity index (χ0n) is 9.75. The molecule has 1 amide bonds. The Kier molecular flexibility index (Phi) is 4.98. The molecule has 0 atom stereocenters. The molecule has 0 aliphatic carbocycles. The molecule has 17 heavy (non-hydrogen) atoms. The van der Waals surface area contributed by atoms with Gasteiger partial charge < -0.3 is 10.6 Å². The Morgan fingerprint density at radius 1 is 1.53 bits per heavy atom. The van der Waals surface area contributed by atoms with Crippen molar-refractivity contribution >= 4 is 27.5 Å². The van der Waals surface area contributed by atoms with Crippen molar-refractivity contribution in [1.82, 2.24) is 5.32 Å². The molecule has 0 aromatic heterocycles. The number of amides is 1. The first-order valence-electron chi connectivity index (χ1n) is 5.26. The van der Waals surface area contributed by atoms with E-state index in [1.54, 1.807) is 12.1 Å². The van der Waals surface area contributed by atoms with Crippen molar-refractivity contribution in [2.24, 2.45) is 0 Å². The summed E-state index contributed by atoms with van der Waals surface area (Å²) < 4.78 is 0.717. The van der Waals surface area contributed by atoms with Crippen LogP contribution in [0, 0.1) is 11.3 Å². The fraction of sp³-hybridized carbons (Fsp3) is 0.333. The predicted octanol–water partition coefficient (Wildman–Crippen LogP) is 2.26. The summed E-state index contributed by atoms with van der Waals surface area (Å²) in [4.78, 5) is 11.4. The van der Waals surface area contributed by atoms with E-state index in [9.17, 15) is 4.79 Å². The zero-order chi connectivity index (χ0) is 12.8. The SMILES string of the molecule is CC(C)NC(=O)CNc1cccc(Br)c1C#N. The third-order valence-electron chi connectivity index (χ3n) is 2.01. The lowest BCUT2D eigenvalue weighted by Gasteiger charge is -2.11. The number of hydrogen-bond donors (Lipinski definition) is 2. The minimum absolute atomic E-state index is 0.0936. The normalized spacial score (nSPS) is 9.82. The molecule has 0 radical (unpaired) electrons. The molecule has 0 saturated carbocycles. The average Bonchev–Trinajstić information content (AvgIpc) is 2.25. The molecule has 0 aliphatic rings. The Bertz CT molecular complexity index is 452. The molecule has 90 valence electrons. The van der Waals surface area contributed by atoms with E-state index in [1.807, 2.05) is 19.9 Å². The number of anilines is 1. The molecule has 2 N–H and O–H groups in total. The minimum atomic E-state index is -0.0936. The summed E-state index contributed by atoms with van der Waals surface area (Å²) in [6.07, 6.45) is 0. The summed E-state index contributed by atoms with van der Waals surface area (Å²) in [6.45, 7) is 3.96. The van der Waals surface area contributed by atoms with Crippen molar-refractivity contribution in [1.29, 1.82) is 5.26 Å². The van der Waals surface area contributed by atoms with Crippen LogP contribution in [0.25, 0.3) is 0 Å². The van der Waals surface area contributed by atoms with E-state index in [1.165, 1.54) is 0 Å². The van der Waals surface area contributed by atoms with E-state index >= 15 is 0 Å². The number of rotatable bonds is 4. The highest BCUT2D eigenvalue weighted by atomic mass is 79.9. The topological polar surface area (TPSA) is 64.9 Å². The molecular weight excluding hydrogens is 282 g/mol. The van der Waals surface area contributed by atoms with Gasteiger partial charge in [0.1, 0.15) is 6.07 Å². The van der Waals surface area contributed by atoms with Crippen molar-refractivity contribution in [3.05, 3.63) is 28.2 Å². The molecule has 0 spiro atoms. The first kappa shape index (κ1) is 13.5. The van der Waals surface area contributed by atoms with E-state index in [2.05, 4.69) is 32.6 Å². The lowest BCUT2D eigenvalue weighted by Crippen LogP contribution is -2.34. The zero-order valence-corrected chi connectivity index (χ0v) is 11.3. The van der Waals surface area contributed by atoms with Crippen LogP contribution in [0.5, 0.6) is 0 Å². The Labute approximate surface area is 109 Å². The average molecular weight is 296 g/mol. The maximum absolute atomic E-state index is 11.4. The van der Waals surface area contributed by atoms with Gasteiger partial charge in [-0.3, -0.25) is 4.79 Å². The third-order valence-corrected chi connectivity index (χ3v) is 2.68. The van der Waals surface area contributed by atoms with Crippen molar-refractivity contribution in [2.75, 3.05) is 11.9 Å². The number of carbonyl (C=O) groups excluding carboxylic acids is 1. The molecule has 0 fully saturated rings. The van der Waals surface area contributed by atoms with Crippen LogP contribution in [0.4, 0.5) is 5.69 Å². The van der Waals surface area contributed by atoms with Crippen LogP contribution in [0.1, 0.15) is 19.4 Å². The first-order valence-corrected chi connectivity index (χ1v) is 6.05. The van der Waals surface area contributed by atoms with Crippen molar-refractivity contribution in [3.8, 4) is 6.07 Å². The summed E-state index contributed by atoms with van der Waals surface area (Å²) in [5, 5.41) is 14.7. The summed E-state index contributed by atoms with van der Waals surface area (Å²) in [5.41, 5.74) is 1.16. The fourth-order valence-corrected chi connectivity index (χ4v) is 1.79. The Morgan fingerprint density at radius 2 is 2.24 bits per heavy atom. The summed E-state index contributed by atoms with van der Waals surface area (Å²) in [5.74, 6) is -0.0936. The summed E-state index contributed by atoms with van der Waals surface area (Å²) in [7, 11) is 0. The minimum Gasteiger partial charge on any atom is -0.375 e. The maximum atomic E-state index is 11.4. The van der Waals surface area contributed by atoms with Crippen LogP contribution in [0.15, 0.2) is 22.7 Å². The summed E-state index contributed by atoms with van der Waals surface area (Å²) >= 11 is 3.29. The highest BCUT2D eigenvalue weighted by molar-refractivity contribution is 9.10. The van der Waals surface area contributed by atoms with E-state index in [-0.39, 0.29) is 18.5 Å². The number of nitrogens with one attached hydrogen (secondary N) is 2. The molecule has 1 aromatic rings. The van der Waals surface area contributed by atoms with Gasteiger partial charge in [-0.15, -0.1) is 0 Å². The number of hydrogen-bond acceptors (Lipinski definition) is 3. The van der Waals surface area contributed by atoms with Crippen molar-refractivity contribution in [2.45, 2.75) is 19.9 Å². The molecule has 0 aliphatic heterocycles. The molecular formula is C12H14BrN3O.